The van der Waals surface area contributed by atoms with Crippen LogP contribution in [-0.2, 0) is 4.74 Å². The van der Waals surface area contributed by atoms with Crippen molar-refractivity contribution in [2.75, 3.05) is 18.9 Å². The first kappa shape index (κ1) is 9.27. The fourth-order valence-corrected chi connectivity index (χ4v) is 1.72. The first-order valence-electron chi connectivity index (χ1n) is 4.84. The van der Waals surface area contributed by atoms with Gasteiger partial charge >= 0.3 is 0 Å². The summed E-state index contributed by atoms with van der Waals surface area (Å²) in [6, 6.07) is 3.53. The van der Waals surface area contributed by atoms with Crippen LogP contribution in [0.4, 0.5) is 5.69 Å². The molecule has 0 aliphatic carbocycles. The summed E-state index contributed by atoms with van der Waals surface area (Å²) in [5, 5.41) is 0. The van der Waals surface area contributed by atoms with E-state index in [1.807, 2.05) is 6.07 Å². The van der Waals surface area contributed by atoms with Gasteiger partial charge in [0.2, 0.25) is 0 Å². The Morgan fingerprint density at radius 3 is 3.00 bits per heavy atom. The van der Waals surface area contributed by atoms with Crippen molar-refractivity contribution in [1.29, 1.82) is 0 Å². The number of anilines is 1. The molecule has 1 aromatic heterocycles. The highest BCUT2D eigenvalue weighted by atomic mass is 16.5. The normalized spacial score (nSPS) is 22.1. The van der Waals surface area contributed by atoms with E-state index in [4.69, 9.17) is 10.5 Å². The van der Waals surface area contributed by atoms with Crippen LogP contribution in [0.2, 0.25) is 0 Å². The monoisotopic (exact) mass is 194 g/mol. The zero-order chi connectivity index (χ0) is 9.97. The van der Waals surface area contributed by atoms with E-state index in [2.05, 4.69) is 4.98 Å². The molecule has 2 rings (SSSR count). The molecule has 0 amide bonds. The minimum atomic E-state index is -0.201. The van der Waals surface area contributed by atoms with Crippen LogP contribution in [0.5, 0.6) is 0 Å². The van der Waals surface area contributed by atoms with Crippen molar-refractivity contribution in [2.45, 2.75) is 18.8 Å². The van der Waals surface area contributed by atoms with Gasteiger partial charge in [0.05, 0.1) is 12.3 Å². The summed E-state index contributed by atoms with van der Waals surface area (Å²) in [6.07, 6.45) is 2.12. The van der Waals surface area contributed by atoms with Crippen molar-refractivity contribution in [3.05, 3.63) is 28.2 Å². The Kier molecular flexibility index (Phi) is 2.54. The lowest BCUT2D eigenvalue weighted by Crippen LogP contribution is -2.20. The maximum atomic E-state index is 11.3. The molecule has 2 heterocycles. The lowest BCUT2D eigenvalue weighted by molar-refractivity contribution is 0.0792. The Labute approximate surface area is 82.1 Å². The van der Waals surface area contributed by atoms with Gasteiger partial charge in [0.15, 0.2) is 0 Å². The Hall–Kier alpha value is -1.29. The summed E-state index contributed by atoms with van der Waals surface area (Å²) in [6.45, 7) is 1.52. The third-order valence-electron chi connectivity index (χ3n) is 2.56. The van der Waals surface area contributed by atoms with Crippen LogP contribution in [0.3, 0.4) is 0 Å². The number of aromatic nitrogens is 1. The van der Waals surface area contributed by atoms with Gasteiger partial charge in [-0.3, -0.25) is 4.79 Å². The number of hydrogen-bond donors (Lipinski definition) is 2. The standard InChI is InChI=1S/C10H14N2O2/c11-8-3-4-9(12-10(8)13)7-2-1-5-14-6-7/h3-4,7H,1-2,5-6,11H2,(H,12,13). The average molecular weight is 194 g/mol. The fraction of sp³-hybridized carbons (Fsp3) is 0.500. The summed E-state index contributed by atoms with van der Waals surface area (Å²) >= 11 is 0. The minimum absolute atomic E-state index is 0.201. The van der Waals surface area contributed by atoms with Crippen LogP contribution < -0.4 is 11.3 Å². The molecule has 1 saturated heterocycles. The van der Waals surface area contributed by atoms with Gasteiger partial charge < -0.3 is 15.5 Å². The zero-order valence-electron chi connectivity index (χ0n) is 7.95. The Morgan fingerprint density at radius 2 is 2.36 bits per heavy atom. The summed E-state index contributed by atoms with van der Waals surface area (Å²) in [4.78, 5) is 14.0. The second kappa shape index (κ2) is 3.84. The van der Waals surface area contributed by atoms with Gasteiger partial charge in [-0.05, 0) is 25.0 Å². The second-order valence-electron chi connectivity index (χ2n) is 3.61. The molecule has 1 aliphatic heterocycles. The number of H-pyrrole nitrogens is 1. The third-order valence-corrected chi connectivity index (χ3v) is 2.56. The van der Waals surface area contributed by atoms with Gasteiger partial charge in [0.25, 0.3) is 5.56 Å². The molecule has 1 unspecified atom stereocenters. The van der Waals surface area contributed by atoms with Gasteiger partial charge in [-0.15, -0.1) is 0 Å². The molecular weight excluding hydrogens is 180 g/mol. The van der Waals surface area contributed by atoms with Crippen LogP contribution in [-0.4, -0.2) is 18.2 Å². The van der Waals surface area contributed by atoms with Gasteiger partial charge in [-0.25, -0.2) is 0 Å². The molecule has 1 aromatic rings. The molecule has 1 fully saturated rings. The molecule has 3 N–H and O–H groups in total. The molecule has 0 aromatic carbocycles. The zero-order valence-corrected chi connectivity index (χ0v) is 7.95. The number of nitrogen functional groups attached to an aromatic ring is 1. The predicted molar refractivity (Wildman–Crippen MR) is 54.3 cm³/mol. The summed E-state index contributed by atoms with van der Waals surface area (Å²) in [5.74, 6) is 0.317. The van der Waals surface area contributed by atoms with E-state index < -0.39 is 0 Å². The Bertz CT molecular complexity index is 367. The van der Waals surface area contributed by atoms with E-state index in [9.17, 15) is 4.79 Å². The third kappa shape index (κ3) is 1.80. The molecule has 0 saturated carbocycles. The van der Waals surface area contributed by atoms with Crippen LogP contribution >= 0.6 is 0 Å². The maximum Gasteiger partial charge on any atom is 0.271 e. The number of hydrogen-bond acceptors (Lipinski definition) is 3. The largest absolute Gasteiger partial charge is 0.394 e. The van der Waals surface area contributed by atoms with Gasteiger partial charge in [-0.2, -0.15) is 0 Å². The first-order valence-corrected chi connectivity index (χ1v) is 4.84. The van der Waals surface area contributed by atoms with Crippen molar-refractivity contribution < 1.29 is 4.74 Å². The minimum Gasteiger partial charge on any atom is -0.394 e. The lowest BCUT2D eigenvalue weighted by Gasteiger charge is -2.21. The summed E-state index contributed by atoms with van der Waals surface area (Å²) < 4.78 is 5.35. The van der Waals surface area contributed by atoms with Gasteiger partial charge in [-0.1, -0.05) is 0 Å². The molecule has 4 heteroatoms. The first-order chi connectivity index (χ1) is 6.77. The SMILES string of the molecule is Nc1ccc(C2CCCOC2)[nH]c1=O. The van der Waals surface area contributed by atoms with Crippen LogP contribution in [0.25, 0.3) is 0 Å². The van der Waals surface area contributed by atoms with Crippen molar-refractivity contribution in [3.63, 3.8) is 0 Å². The Morgan fingerprint density at radius 1 is 1.50 bits per heavy atom. The number of pyridine rings is 1. The number of aromatic amines is 1. The van der Waals surface area contributed by atoms with E-state index in [0.29, 0.717) is 12.5 Å². The average Bonchev–Trinajstić information content (AvgIpc) is 2.23. The highest BCUT2D eigenvalue weighted by Gasteiger charge is 2.16. The van der Waals surface area contributed by atoms with E-state index in [-0.39, 0.29) is 11.2 Å². The quantitative estimate of drug-likeness (QED) is 0.696. The molecular formula is C10H14N2O2. The molecule has 1 aliphatic rings. The van der Waals surface area contributed by atoms with Gasteiger partial charge in [0, 0.05) is 18.2 Å². The predicted octanol–water partition coefficient (Wildman–Crippen LogP) is 0.851. The number of ether oxygens (including phenoxy) is 1. The van der Waals surface area contributed by atoms with Crippen molar-refractivity contribution in [3.8, 4) is 0 Å². The molecule has 0 bridgehead atoms. The molecule has 4 nitrogen and oxygen atoms in total. The van der Waals surface area contributed by atoms with E-state index >= 15 is 0 Å². The number of nitrogens with two attached hydrogens (primary N) is 1. The van der Waals surface area contributed by atoms with E-state index in [1.165, 1.54) is 0 Å². The highest BCUT2D eigenvalue weighted by molar-refractivity contribution is 5.35. The van der Waals surface area contributed by atoms with Crippen LogP contribution in [0, 0.1) is 0 Å². The molecule has 1 atom stereocenters. The smallest absolute Gasteiger partial charge is 0.271 e. The maximum absolute atomic E-state index is 11.3. The van der Waals surface area contributed by atoms with Gasteiger partial charge in [0.1, 0.15) is 0 Å². The summed E-state index contributed by atoms with van der Waals surface area (Å²) in [5.41, 5.74) is 6.45. The van der Waals surface area contributed by atoms with E-state index in [0.717, 1.165) is 25.1 Å². The topological polar surface area (TPSA) is 68.1 Å². The van der Waals surface area contributed by atoms with Crippen LogP contribution in [0.1, 0.15) is 24.5 Å². The van der Waals surface area contributed by atoms with Crippen molar-refractivity contribution in [1.82, 2.24) is 4.98 Å². The number of nitrogens with one attached hydrogen (secondary N) is 1. The van der Waals surface area contributed by atoms with E-state index in [1.54, 1.807) is 6.07 Å². The fourth-order valence-electron chi connectivity index (χ4n) is 1.72. The molecule has 0 spiro atoms. The van der Waals surface area contributed by atoms with Crippen LogP contribution in [0.15, 0.2) is 16.9 Å². The lowest BCUT2D eigenvalue weighted by atomic mass is 9.98. The second-order valence-corrected chi connectivity index (χ2v) is 3.61. The Balaban J connectivity index is 2.23. The highest BCUT2D eigenvalue weighted by Crippen LogP contribution is 2.22. The number of rotatable bonds is 1. The summed E-state index contributed by atoms with van der Waals surface area (Å²) in [7, 11) is 0. The van der Waals surface area contributed by atoms with Crippen molar-refractivity contribution in [2.24, 2.45) is 0 Å². The molecule has 0 radical (unpaired) electrons. The molecule has 76 valence electrons. The molecule has 14 heavy (non-hydrogen) atoms. The van der Waals surface area contributed by atoms with Crippen molar-refractivity contribution >= 4 is 5.69 Å².